The van der Waals surface area contributed by atoms with Crippen LogP contribution in [0.2, 0.25) is 6.04 Å². The fourth-order valence-corrected chi connectivity index (χ4v) is 1.59. The Morgan fingerprint density at radius 1 is 1.24 bits per heavy atom. The molecule has 0 unspecified atom stereocenters. The van der Waals surface area contributed by atoms with Crippen LogP contribution in [0.15, 0.2) is 12.2 Å². The average molecular weight is 280 g/mol. The summed E-state index contributed by atoms with van der Waals surface area (Å²) >= 11 is 0. The van der Waals surface area contributed by atoms with Crippen molar-refractivity contribution in [2.45, 2.75) is 19.4 Å². The molecule has 0 N–H and O–H groups in total. The molecule has 0 saturated carbocycles. The SMILES string of the molecule is C=C(C)C(=O)OCCC[SiH3].CO[SiH](OC)OC. The Kier molecular flexibility index (Phi) is 15.1. The largest absolute Gasteiger partial charge is 0.483 e. The van der Waals surface area contributed by atoms with Gasteiger partial charge in [-0.25, -0.2) is 4.79 Å². The zero-order valence-electron chi connectivity index (χ0n) is 11.4. The van der Waals surface area contributed by atoms with Crippen LogP contribution in [-0.4, -0.2) is 53.7 Å². The lowest BCUT2D eigenvalue weighted by Gasteiger charge is -2.05. The van der Waals surface area contributed by atoms with Gasteiger partial charge in [0.05, 0.1) is 6.61 Å². The van der Waals surface area contributed by atoms with Gasteiger partial charge in [0.2, 0.25) is 0 Å². The number of hydrogen-bond donors (Lipinski definition) is 0. The maximum atomic E-state index is 10.7. The highest BCUT2D eigenvalue weighted by Gasteiger charge is 2.05. The number of rotatable bonds is 7. The van der Waals surface area contributed by atoms with Crippen LogP contribution in [0.5, 0.6) is 0 Å². The molecule has 0 saturated heterocycles. The average Bonchev–Trinajstić information content (AvgIpc) is 2.32. The van der Waals surface area contributed by atoms with E-state index < -0.39 is 9.53 Å². The molecule has 0 heterocycles. The van der Waals surface area contributed by atoms with E-state index >= 15 is 0 Å². The fourth-order valence-electron chi connectivity index (χ4n) is 0.721. The van der Waals surface area contributed by atoms with Crippen LogP contribution >= 0.6 is 0 Å². The van der Waals surface area contributed by atoms with Crippen molar-refractivity contribution in [1.29, 1.82) is 0 Å². The smallest absolute Gasteiger partial charge is 0.462 e. The maximum Gasteiger partial charge on any atom is 0.483 e. The van der Waals surface area contributed by atoms with Gasteiger partial charge in [-0.05, 0) is 13.3 Å². The monoisotopic (exact) mass is 280 g/mol. The van der Waals surface area contributed by atoms with E-state index in [9.17, 15) is 4.79 Å². The van der Waals surface area contributed by atoms with Crippen molar-refractivity contribution in [3.63, 3.8) is 0 Å². The van der Waals surface area contributed by atoms with Gasteiger partial charge in [0.15, 0.2) is 0 Å². The minimum atomic E-state index is -1.67. The van der Waals surface area contributed by atoms with Gasteiger partial charge < -0.3 is 18.0 Å². The third-order valence-electron chi connectivity index (χ3n) is 1.66. The van der Waals surface area contributed by atoms with E-state index in [-0.39, 0.29) is 5.97 Å². The first-order valence-corrected chi connectivity index (χ1v) is 8.27. The number of carbonyl (C=O) groups is 1. The van der Waals surface area contributed by atoms with E-state index in [4.69, 9.17) is 18.0 Å². The molecule has 0 fully saturated rings. The molecule has 0 aromatic heterocycles. The zero-order valence-corrected chi connectivity index (χ0v) is 14.6. The van der Waals surface area contributed by atoms with E-state index in [0.29, 0.717) is 12.2 Å². The predicted octanol–water partition coefficient (Wildman–Crippen LogP) is -0.0777. The van der Waals surface area contributed by atoms with Crippen molar-refractivity contribution in [3.05, 3.63) is 12.2 Å². The van der Waals surface area contributed by atoms with Crippen LogP contribution < -0.4 is 0 Å². The lowest BCUT2D eigenvalue weighted by Crippen LogP contribution is -2.21. The van der Waals surface area contributed by atoms with Gasteiger partial charge in [-0.2, -0.15) is 0 Å². The van der Waals surface area contributed by atoms with Gasteiger partial charge in [-0.15, -0.1) is 0 Å². The Hall–Kier alpha value is -0.476. The highest BCUT2D eigenvalue weighted by molar-refractivity contribution is 6.36. The summed E-state index contributed by atoms with van der Waals surface area (Å²) in [6.07, 6.45) is 0.991. The topological polar surface area (TPSA) is 54.0 Å². The second-order valence-corrected chi connectivity index (χ2v) is 6.26. The molecule has 17 heavy (non-hydrogen) atoms. The lowest BCUT2D eigenvalue weighted by atomic mass is 10.4. The number of ether oxygens (including phenoxy) is 1. The van der Waals surface area contributed by atoms with Crippen molar-refractivity contribution in [2.75, 3.05) is 27.9 Å². The molecule has 5 nitrogen and oxygen atoms in total. The summed E-state index contributed by atoms with van der Waals surface area (Å²) in [5.74, 6) is -0.268. The van der Waals surface area contributed by atoms with Crippen LogP contribution in [0.3, 0.4) is 0 Å². The summed E-state index contributed by atoms with van der Waals surface area (Å²) in [5.41, 5.74) is 0.480. The highest BCUT2D eigenvalue weighted by Crippen LogP contribution is 1.94. The Morgan fingerprint density at radius 3 is 1.94 bits per heavy atom. The van der Waals surface area contributed by atoms with Crippen molar-refractivity contribution < 1.29 is 22.8 Å². The van der Waals surface area contributed by atoms with Crippen LogP contribution in [0.4, 0.5) is 0 Å². The van der Waals surface area contributed by atoms with E-state index in [1.165, 1.54) is 16.3 Å². The molecule has 102 valence electrons. The van der Waals surface area contributed by atoms with Gasteiger partial charge in [0.25, 0.3) is 0 Å². The first-order chi connectivity index (χ1) is 8.03. The lowest BCUT2D eigenvalue weighted by molar-refractivity contribution is -0.138. The maximum absolute atomic E-state index is 10.7. The Morgan fingerprint density at radius 2 is 1.71 bits per heavy atom. The van der Waals surface area contributed by atoms with Crippen molar-refractivity contribution in [2.24, 2.45) is 0 Å². The summed E-state index contributed by atoms with van der Waals surface area (Å²) < 4.78 is 19.1. The standard InChI is InChI=1S/C7H14O2Si.C3H10O3Si/c1-6(2)7(8)9-4-3-5-10;1-4-7(5-2)6-3/h1,3-5H2,2,10H3;7H,1-3H3. The first kappa shape index (κ1) is 18.9. The molecule has 0 amide bonds. The molecular weight excluding hydrogens is 256 g/mol. The first-order valence-electron chi connectivity index (χ1n) is 5.44. The Bertz CT molecular complexity index is 201. The van der Waals surface area contributed by atoms with E-state index in [2.05, 4.69) is 6.58 Å². The summed E-state index contributed by atoms with van der Waals surface area (Å²) in [4.78, 5) is 10.7. The van der Waals surface area contributed by atoms with Gasteiger partial charge in [0.1, 0.15) is 0 Å². The summed E-state index contributed by atoms with van der Waals surface area (Å²) in [6, 6.07) is 1.18. The third-order valence-corrected chi connectivity index (χ3v) is 3.52. The molecule has 0 aromatic carbocycles. The van der Waals surface area contributed by atoms with E-state index in [1.54, 1.807) is 28.3 Å². The molecule has 7 heteroatoms. The minimum Gasteiger partial charge on any atom is -0.462 e. The second kappa shape index (κ2) is 13.6. The molecule has 0 aliphatic rings. The predicted molar refractivity (Wildman–Crippen MR) is 73.3 cm³/mol. The van der Waals surface area contributed by atoms with Crippen LogP contribution in [0.1, 0.15) is 13.3 Å². The minimum absolute atomic E-state index is 0.268. The van der Waals surface area contributed by atoms with E-state index in [0.717, 1.165) is 6.42 Å². The van der Waals surface area contributed by atoms with Crippen LogP contribution in [0.25, 0.3) is 0 Å². The second-order valence-electron chi connectivity index (χ2n) is 3.27. The molecular formula is C10H24O5Si2. The van der Waals surface area contributed by atoms with Gasteiger partial charge in [-0.1, -0.05) is 12.6 Å². The third kappa shape index (κ3) is 13.5. The molecule has 0 spiro atoms. The highest BCUT2D eigenvalue weighted by atomic mass is 28.3. The molecule has 0 radical (unpaired) electrons. The summed E-state index contributed by atoms with van der Waals surface area (Å²) in [6.45, 7) is 5.67. The normalized spacial score (nSPS) is 9.71. The molecule has 0 atom stereocenters. The van der Waals surface area contributed by atoms with Crippen LogP contribution in [0, 0.1) is 0 Å². The number of hydrogen-bond acceptors (Lipinski definition) is 5. The summed E-state index contributed by atoms with van der Waals surface area (Å²) in [5, 5.41) is 0. The zero-order chi connectivity index (χ0) is 13.7. The molecule has 0 aliphatic carbocycles. The molecule has 0 aliphatic heterocycles. The number of carbonyl (C=O) groups excluding carboxylic acids is 1. The van der Waals surface area contributed by atoms with Gasteiger partial charge >= 0.3 is 15.5 Å². The van der Waals surface area contributed by atoms with Crippen molar-refractivity contribution in [1.82, 2.24) is 0 Å². The molecule has 0 bridgehead atoms. The van der Waals surface area contributed by atoms with E-state index in [1.807, 2.05) is 0 Å². The molecule has 0 rings (SSSR count). The quantitative estimate of drug-likeness (QED) is 0.283. The fraction of sp³-hybridized carbons (Fsp3) is 0.700. The van der Waals surface area contributed by atoms with Crippen LogP contribution in [-0.2, 0) is 22.8 Å². The van der Waals surface area contributed by atoms with Gasteiger partial charge in [0, 0.05) is 37.1 Å². The molecule has 0 aromatic rings. The summed E-state index contributed by atoms with van der Waals surface area (Å²) in [7, 11) is 4.23. The number of esters is 1. The van der Waals surface area contributed by atoms with Gasteiger partial charge in [-0.3, -0.25) is 0 Å². The van der Waals surface area contributed by atoms with Crippen molar-refractivity contribution >= 4 is 25.7 Å². The Balaban J connectivity index is 0. The Labute approximate surface area is 108 Å². The van der Waals surface area contributed by atoms with Crippen molar-refractivity contribution in [3.8, 4) is 0 Å².